The molecule has 0 saturated heterocycles. The van der Waals surface area contributed by atoms with E-state index >= 15 is 0 Å². The standard InChI is InChI=1S/C13H12N2O/c1-8(14)10-6-2-4-9-5-3-7-11(12(9)10)13(15)16/h2-7H,1,14H2,(H2,15,16). The first-order valence-electron chi connectivity index (χ1n) is 4.87. The molecule has 0 heterocycles. The van der Waals surface area contributed by atoms with Crippen LogP contribution in [0, 0.1) is 0 Å². The Morgan fingerprint density at radius 3 is 2.06 bits per heavy atom. The summed E-state index contributed by atoms with van der Waals surface area (Å²) in [5.41, 5.74) is 12.7. The monoisotopic (exact) mass is 212 g/mol. The molecule has 3 heteroatoms. The van der Waals surface area contributed by atoms with Gasteiger partial charge in [-0.25, -0.2) is 0 Å². The highest BCUT2D eigenvalue weighted by molar-refractivity contribution is 6.09. The fraction of sp³-hybridized carbons (Fsp3) is 0. The van der Waals surface area contributed by atoms with Crippen molar-refractivity contribution in [3.8, 4) is 0 Å². The van der Waals surface area contributed by atoms with Gasteiger partial charge in [0.05, 0.1) is 0 Å². The van der Waals surface area contributed by atoms with Crippen molar-refractivity contribution in [2.75, 3.05) is 0 Å². The van der Waals surface area contributed by atoms with Crippen LogP contribution in [0.15, 0.2) is 43.0 Å². The third kappa shape index (κ3) is 1.52. The van der Waals surface area contributed by atoms with Crippen LogP contribution in [-0.4, -0.2) is 5.91 Å². The minimum atomic E-state index is -0.459. The van der Waals surface area contributed by atoms with Crippen molar-refractivity contribution in [3.63, 3.8) is 0 Å². The van der Waals surface area contributed by atoms with E-state index in [1.165, 1.54) is 0 Å². The van der Waals surface area contributed by atoms with Crippen LogP contribution in [-0.2, 0) is 0 Å². The van der Waals surface area contributed by atoms with Crippen molar-refractivity contribution in [2.24, 2.45) is 11.5 Å². The molecule has 0 aliphatic carbocycles. The highest BCUT2D eigenvalue weighted by Gasteiger charge is 2.10. The highest BCUT2D eigenvalue weighted by atomic mass is 16.1. The molecule has 0 saturated carbocycles. The molecule has 0 aliphatic rings. The zero-order valence-corrected chi connectivity index (χ0v) is 8.73. The quantitative estimate of drug-likeness (QED) is 0.797. The van der Waals surface area contributed by atoms with Crippen molar-refractivity contribution in [1.82, 2.24) is 0 Å². The van der Waals surface area contributed by atoms with Crippen LogP contribution in [0.4, 0.5) is 0 Å². The fourth-order valence-corrected chi connectivity index (χ4v) is 1.81. The van der Waals surface area contributed by atoms with Crippen LogP contribution >= 0.6 is 0 Å². The first-order chi connectivity index (χ1) is 7.61. The molecule has 0 aliphatic heterocycles. The van der Waals surface area contributed by atoms with Gasteiger partial charge in [-0.2, -0.15) is 0 Å². The Bertz CT molecular complexity index is 539. The van der Waals surface area contributed by atoms with Gasteiger partial charge in [-0.1, -0.05) is 36.9 Å². The van der Waals surface area contributed by atoms with Gasteiger partial charge in [-0.05, 0) is 11.5 Å². The molecule has 1 amide bonds. The van der Waals surface area contributed by atoms with Gasteiger partial charge in [0.15, 0.2) is 0 Å². The third-order valence-corrected chi connectivity index (χ3v) is 2.52. The van der Waals surface area contributed by atoms with Crippen LogP contribution in [0.3, 0.4) is 0 Å². The number of fused-ring (bicyclic) bond motifs is 1. The summed E-state index contributed by atoms with van der Waals surface area (Å²) in [7, 11) is 0. The Morgan fingerprint density at radius 1 is 1.00 bits per heavy atom. The summed E-state index contributed by atoms with van der Waals surface area (Å²) in [5, 5.41) is 1.70. The molecule has 0 fully saturated rings. The number of primary amides is 1. The van der Waals surface area contributed by atoms with Gasteiger partial charge in [0.25, 0.3) is 0 Å². The lowest BCUT2D eigenvalue weighted by Crippen LogP contribution is -2.12. The zero-order chi connectivity index (χ0) is 11.7. The topological polar surface area (TPSA) is 69.1 Å². The average molecular weight is 212 g/mol. The van der Waals surface area contributed by atoms with Crippen molar-refractivity contribution in [2.45, 2.75) is 0 Å². The van der Waals surface area contributed by atoms with E-state index in [9.17, 15) is 4.79 Å². The minimum Gasteiger partial charge on any atom is -0.399 e. The molecule has 16 heavy (non-hydrogen) atoms. The highest BCUT2D eigenvalue weighted by Crippen LogP contribution is 2.25. The maximum Gasteiger partial charge on any atom is 0.249 e. The van der Waals surface area contributed by atoms with E-state index in [0.29, 0.717) is 11.3 Å². The van der Waals surface area contributed by atoms with Gasteiger partial charge in [0.1, 0.15) is 0 Å². The molecule has 80 valence electrons. The molecule has 0 aromatic heterocycles. The predicted octanol–water partition coefficient (Wildman–Crippen LogP) is 1.87. The molecule has 2 aromatic carbocycles. The minimum absolute atomic E-state index is 0.430. The Balaban J connectivity index is 2.92. The van der Waals surface area contributed by atoms with Crippen molar-refractivity contribution >= 4 is 22.4 Å². The molecule has 0 bridgehead atoms. The molecule has 4 N–H and O–H groups in total. The second kappa shape index (κ2) is 3.70. The average Bonchev–Trinajstić information content (AvgIpc) is 2.27. The smallest absolute Gasteiger partial charge is 0.249 e. The predicted molar refractivity (Wildman–Crippen MR) is 65.7 cm³/mol. The maximum absolute atomic E-state index is 11.3. The van der Waals surface area contributed by atoms with Crippen molar-refractivity contribution in [1.29, 1.82) is 0 Å². The summed E-state index contributed by atoms with van der Waals surface area (Å²) < 4.78 is 0. The Labute approximate surface area is 93.4 Å². The molecular formula is C13H12N2O. The van der Waals surface area contributed by atoms with Crippen LogP contribution in [0.2, 0.25) is 0 Å². The summed E-state index contributed by atoms with van der Waals surface area (Å²) in [6.45, 7) is 3.70. The van der Waals surface area contributed by atoms with Gasteiger partial charge in [-0.15, -0.1) is 0 Å². The van der Waals surface area contributed by atoms with E-state index in [2.05, 4.69) is 6.58 Å². The first kappa shape index (κ1) is 10.2. The molecule has 0 unspecified atom stereocenters. The Morgan fingerprint density at radius 2 is 1.56 bits per heavy atom. The van der Waals surface area contributed by atoms with Gasteiger partial charge < -0.3 is 11.5 Å². The first-order valence-corrected chi connectivity index (χ1v) is 4.87. The number of carbonyl (C=O) groups excluding carboxylic acids is 1. The van der Waals surface area contributed by atoms with E-state index < -0.39 is 5.91 Å². The molecule has 0 spiro atoms. The SMILES string of the molecule is C=C(N)c1cccc2cccc(C(N)=O)c12. The molecule has 3 nitrogen and oxygen atoms in total. The summed E-state index contributed by atoms with van der Waals surface area (Å²) in [5.74, 6) is -0.459. The fourth-order valence-electron chi connectivity index (χ4n) is 1.81. The van der Waals surface area contributed by atoms with Crippen LogP contribution in [0.1, 0.15) is 15.9 Å². The molecule has 2 rings (SSSR count). The van der Waals surface area contributed by atoms with Crippen LogP contribution < -0.4 is 11.5 Å². The van der Waals surface area contributed by atoms with E-state index in [0.717, 1.165) is 16.3 Å². The molecule has 0 radical (unpaired) electrons. The number of hydrogen-bond donors (Lipinski definition) is 2. The second-order valence-electron chi connectivity index (χ2n) is 3.60. The summed E-state index contributed by atoms with van der Waals surface area (Å²) in [4.78, 5) is 11.3. The van der Waals surface area contributed by atoms with Gasteiger partial charge in [0, 0.05) is 22.2 Å². The third-order valence-electron chi connectivity index (χ3n) is 2.52. The maximum atomic E-state index is 11.3. The van der Waals surface area contributed by atoms with E-state index in [1.54, 1.807) is 12.1 Å². The number of nitrogens with two attached hydrogens (primary N) is 2. The second-order valence-corrected chi connectivity index (χ2v) is 3.60. The lowest BCUT2D eigenvalue weighted by atomic mass is 9.97. The Kier molecular flexibility index (Phi) is 2.37. The van der Waals surface area contributed by atoms with Crippen LogP contribution in [0.5, 0.6) is 0 Å². The summed E-state index contributed by atoms with van der Waals surface area (Å²) >= 11 is 0. The lowest BCUT2D eigenvalue weighted by molar-refractivity contribution is 0.100. The zero-order valence-electron chi connectivity index (χ0n) is 8.73. The summed E-state index contributed by atoms with van der Waals surface area (Å²) in [6, 6.07) is 11.0. The Hall–Kier alpha value is -2.29. The van der Waals surface area contributed by atoms with E-state index in [4.69, 9.17) is 11.5 Å². The molecular weight excluding hydrogens is 200 g/mol. The van der Waals surface area contributed by atoms with E-state index in [1.807, 2.05) is 24.3 Å². The van der Waals surface area contributed by atoms with Crippen LogP contribution in [0.25, 0.3) is 16.5 Å². The number of amides is 1. The molecule has 2 aromatic rings. The number of carbonyl (C=O) groups is 1. The summed E-state index contributed by atoms with van der Waals surface area (Å²) in [6.07, 6.45) is 0. The largest absolute Gasteiger partial charge is 0.399 e. The van der Waals surface area contributed by atoms with Crippen molar-refractivity contribution < 1.29 is 4.79 Å². The van der Waals surface area contributed by atoms with Crippen molar-refractivity contribution in [3.05, 3.63) is 54.1 Å². The number of rotatable bonds is 2. The van der Waals surface area contributed by atoms with Gasteiger partial charge >= 0.3 is 0 Å². The van der Waals surface area contributed by atoms with Gasteiger partial charge in [0.2, 0.25) is 5.91 Å². The normalized spacial score (nSPS) is 10.2. The number of benzene rings is 2. The number of hydrogen-bond acceptors (Lipinski definition) is 2. The molecule has 0 atom stereocenters. The van der Waals surface area contributed by atoms with E-state index in [-0.39, 0.29) is 0 Å². The van der Waals surface area contributed by atoms with Gasteiger partial charge in [-0.3, -0.25) is 4.79 Å². The lowest BCUT2D eigenvalue weighted by Gasteiger charge is -2.09.